The minimum atomic E-state index is -0.295. The molecule has 0 fully saturated rings. The zero-order valence-electron chi connectivity index (χ0n) is 11.4. The van der Waals surface area contributed by atoms with Gasteiger partial charge in [0, 0.05) is 11.6 Å². The molecule has 3 heteroatoms. The highest BCUT2D eigenvalue weighted by atomic mass is 19.1. The number of ether oxygens (including phenoxy) is 2. The smallest absolute Gasteiger partial charge is 0.126 e. The van der Waals surface area contributed by atoms with Gasteiger partial charge in [0.1, 0.15) is 23.9 Å². The summed E-state index contributed by atoms with van der Waals surface area (Å²) in [7, 11) is 1.63. The molecule has 2 aromatic carbocycles. The lowest BCUT2D eigenvalue weighted by molar-refractivity contribution is 0.293. The average molecular weight is 260 g/mol. The largest absolute Gasteiger partial charge is 0.496 e. The lowest BCUT2D eigenvalue weighted by Crippen LogP contribution is -2.00. The van der Waals surface area contributed by atoms with Crippen molar-refractivity contribution >= 4 is 0 Å². The third-order valence-electron chi connectivity index (χ3n) is 2.97. The fraction of sp³-hybridized carbons (Fsp3) is 0.250. The third-order valence-corrected chi connectivity index (χ3v) is 2.97. The van der Waals surface area contributed by atoms with Gasteiger partial charge in [-0.25, -0.2) is 4.39 Å². The van der Waals surface area contributed by atoms with Crippen LogP contribution >= 0.6 is 0 Å². The van der Waals surface area contributed by atoms with E-state index in [0.29, 0.717) is 12.4 Å². The SMILES string of the molecule is COc1ccc(C)cc1COc1cc(F)ccc1C. The standard InChI is InChI=1S/C16H17FO2/c1-11-4-7-15(18-3)13(8-11)10-19-16-9-14(17)6-5-12(16)2/h4-9H,10H2,1-3H3. The molecule has 0 aromatic heterocycles. The highest BCUT2D eigenvalue weighted by Gasteiger charge is 2.06. The van der Waals surface area contributed by atoms with E-state index >= 15 is 0 Å². The van der Waals surface area contributed by atoms with Gasteiger partial charge in [-0.3, -0.25) is 0 Å². The van der Waals surface area contributed by atoms with E-state index in [1.54, 1.807) is 13.2 Å². The quantitative estimate of drug-likeness (QED) is 0.826. The average Bonchev–Trinajstić information content (AvgIpc) is 2.40. The highest BCUT2D eigenvalue weighted by Crippen LogP contribution is 2.24. The Morgan fingerprint density at radius 3 is 2.53 bits per heavy atom. The maximum Gasteiger partial charge on any atom is 0.126 e. The van der Waals surface area contributed by atoms with Gasteiger partial charge < -0.3 is 9.47 Å². The summed E-state index contributed by atoms with van der Waals surface area (Å²) in [6.07, 6.45) is 0. The lowest BCUT2D eigenvalue weighted by atomic mass is 10.1. The van der Waals surface area contributed by atoms with Crippen molar-refractivity contribution in [3.63, 3.8) is 0 Å². The van der Waals surface area contributed by atoms with Crippen molar-refractivity contribution in [1.29, 1.82) is 0 Å². The van der Waals surface area contributed by atoms with E-state index in [9.17, 15) is 4.39 Å². The van der Waals surface area contributed by atoms with Crippen LogP contribution in [0.4, 0.5) is 4.39 Å². The van der Waals surface area contributed by atoms with Crippen LogP contribution in [0.5, 0.6) is 11.5 Å². The molecular weight excluding hydrogens is 243 g/mol. The van der Waals surface area contributed by atoms with Crippen LogP contribution in [0, 0.1) is 19.7 Å². The van der Waals surface area contributed by atoms with Gasteiger partial charge in [-0.1, -0.05) is 17.7 Å². The highest BCUT2D eigenvalue weighted by molar-refractivity contribution is 5.38. The van der Waals surface area contributed by atoms with Gasteiger partial charge in [0.15, 0.2) is 0 Å². The Balaban J connectivity index is 2.18. The minimum Gasteiger partial charge on any atom is -0.496 e. The van der Waals surface area contributed by atoms with Crippen molar-refractivity contribution in [3.05, 3.63) is 58.9 Å². The number of rotatable bonds is 4. The Bertz CT molecular complexity index is 579. The van der Waals surface area contributed by atoms with Crippen molar-refractivity contribution in [1.82, 2.24) is 0 Å². The zero-order valence-corrected chi connectivity index (χ0v) is 11.4. The minimum absolute atomic E-state index is 0.295. The Morgan fingerprint density at radius 2 is 1.79 bits per heavy atom. The molecule has 0 saturated heterocycles. The molecular formula is C16H17FO2. The van der Waals surface area contributed by atoms with Crippen molar-refractivity contribution in [3.8, 4) is 11.5 Å². The molecule has 0 unspecified atom stereocenters. The number of aryl methyl sites for hydroxylation is 2. The second-order valence-electron chi connectivity index (χ2n) is 4.51. The van der Waals surface area contributed by atoms with Crippen molar-refractivity contribution in [2.75, 3.05) is 7.11 Å². The topological polar surface area (TPSA) is 18.5 Å². The normalized spacial score (nSPS) is 10.3. The van der Waals surface area contributed by atoms with E-state index in [0.717, 1.165) is 22.4 Å². The molecule has 0 amide bonds. The predicted octanol–water partition coefficient (Wildman–Crippen LogP) is 4.03. The number of hydrogen-bond acceptors (Lipinski definition) is 2. The molecule has 0 heterocycles. The molecule has 2 nitrogen and oxygen atoms in total. The van der Waals surface area contributed by atoms with E-state index in [1.807, 2.05) is 32.0 Å². The number of halogens is 1. The molecule has 2 rings (SSSR count). The number of methoxy groups -OCH3 is 1. The van der Waals surface area contributed by atoms with Crippen LogP contribution in [0.15, 0.2) is 36.4 Å². The fourth-order valence-electron chi connectivity index (χ4n) is 1.91. The molecule has 0 N–H and O–H groups in total. The lowest BCUT2D eigenvalue weighted by Gasteiger charge is -2.12. The predicted molar refractivity (Wildman–Crippen MR) is 73.2 cm³/mol. The van der Waals surface area contributed by atoms with Gasteiger partial charge in [-0.15, -0.1) is 0 Å². The molecule has 0 saturated carbocycles. The first-order valence-corrected chi connectivity index (χ1v) is 6.12. The van der Waals surface area contributed by atoms with Crippen molar-refractivity contribution in [2.45, 2.75) is 20.5 Å². The van der Waals surface area contributed by atoms with E-state index in [2.05, 4.69) is 0 Å². The van der Waals surface area contributed by atoms with Crippen molar-refractivity contribution < 1.29 is 13.9 Å². The maximum atomic E-state index is 13.2. The van der Waals surface area contributed by atoms with Gasteiger partial charge in [-0.2, -0.15) is 0 Å². The second kappa shape index (κ2) is 5.74. The molecule has 0 aliphatic carbocycles. The van der Waals surface area contributed by atoms with Crippen LogP contribution in [0.25, 0.3) is 0 Å². The van der Waals surface area contributed by atoms with Crippen LogP contribution in [0.1, 0.15) is 16.7 Å². The molecule has 2 aromatic rings. The first-order valence-electron chi connectivity index (χ1n) is 6.12. The summed E-state index contributed by atoms with van der Waals surface area (Å²) in [6, 6.07) is 10.4. The molecule has 100 valence electrons. The Hall–Kier alpha value is -2.03. The Morgan fingerprint density at radius 1 is 1.00 bits per heavy atom. The summed E-state index contributed by atoms with van der Waals surface area (Å²) >= 11 is 0. The molecule has 0 aliphatic heterocycles. The van der Waals surface area contributed by atoms with Crippen molar-refractivity contribution in [2.24, 2.45) is 0 Å². The van der Waals surface area contributed by atoms with E-state index in [-0.39, 0.29) is 5.82 Å². The Kier molecular flexibility index (Phi) is 4.05. The monoisotopic (exact) mass is 260 g/mol. The van der Waals surface area contributed by atoms with Gasteiger partial charge in [-0.05, 0) is 37.6 Å². The van der Waals surface area contributed by atoms with Gasteiger partial charge >= 0.3 is 0 Å². The summed E-state index contributed by atoms with van der Waals surface area (Å²) in [4.78, 5) is 0. The van der Waals surface area contributed by atoms with Gasteiger partial charge in [0.2, 0.25) is 0 Å². The van der Waals surface area contributed by atoms with Crippen LogP contribution < -0.4 is 9.47 Å². The fourth-order valence-corrected chi connectivity index (χ4v) is 1.91. The summed E-state index contributed by atoms with van der Waals surface area (Å²) in [5, 5.41) is 0. The summed E-state index contributed by atoms with van der Waals surface area (Å²) in [5.74, 6) is 1.04. The van der Waals surface area contributed by atoms with E-state index < -0.39 is 0 Å². The van der Waals surface area contributed by atoms with Crippen LogP contribution in [-0.4, -0.2) is 7.11 Å². The van der Waals surface area contributed by atoms with Crippen LogP contribution in [0.2, 0.25) is 0 Å². The van der Waals surface area contributed by atoms with E-state index in [1.165, 1.54) is 12.1 Å². The molecule has 0 spiro atoms. The molecule has 0 aliphatic rings. The van der Waals surface area contributed by atoms with E-state index in [4.69, 9.17) is 9.47 Å². The zero-order chi connectivity index (χ0) is 13.8. The Labute approximate surface area is 112 Å². The first kappa shape index (κ1) is 13.4. The number of hydrogen-bond donors (Lipinski definition) is 0. The summed E-state index contributed by atoms with van der Waals surface area (Å²) in [5.41, 5.74) is 2.99. The molecule has 0 bridgehead atoms. The van der Waals surface area contributed by atoms with Gasteiger partial charge in [0.05, 0.1) is 7.11 Å². The van der Waals surface area contributed by atoms with Gasteiger partial charge in [0.25, 0.3) is 0 Å². The maximum absolute atomic E-state index is 13.2. The molecule has 0 radical (unpaired) electrons. The number of benzene rings is 2. The first-order chi connectivity index (χ1) is 9.10. The molecule has 19 heavy (non-hydrogen) atoms. The molecule has 0 atom stereocenters. The van der Waals surface area contributed by atoms with Crippen LogP contribution in [-0.2, 0) is 6.61 Å². The summed E-state index contributed by atoms with van der Waals surface area (Å²) in [6.45, 7) is 4.26. The second-order valence-corrected chi connectivity index (χ2v) is 4.51. The third kappa shape index (κ3) is 3.25. The summed E-state index contributed by atoms with van der Waals surface area (Å²) < 4.78 is 24.1. The van der Waals surface area contributed by atoms with Crippen LogP contribution in [0.3, 0.4) is 0 Å².